The zero-order valence-electron chi connectivity index (χ0n) is 16.7. The molecule has 2 heterocycles. The fraction of sp³-hybridized carbons (Fsp3) is 0.400. The first kappa shape index (κ1) is 21.1. The molecule has 3 aromatic rings. The number of rotatable bonds is 8. The predicted molar refractivity (Wildman–Crippen MR) is 108 cm³/mol. The maximum Gasteiger partial charge on any atom is 0.416 e. The number of aromatic nitrogens is 3. The lowest BCUT2D eigenvalue weighted by molar-refractivity contribution is -0.137. The van der Waals surface area contributed by atoms with Crippen molar-refractivity contribution in [2.24, 2.45) is 0 Å². The van der Waals surface area contributed by atoms with Crippen molar-refractivity contribution in [2.45, 2.75) is 26.1 Å². The second kappa shape index (κ2) is 8.79. The lowest BCUT2D eigenvalue weighted by Crippen LogP contribution is -2.22. The van der Waals surface area contributed by atoms with Gasteiger partial charge in [0.25, 0.3) is 0 Å². The first-order valence-electron chi connectivity index (χ1n) is 9.38. The molecule has 0 radical (unpaired) electrons. The van der Waals surface area contributed by atoms with E-state index in [1.165, 1.54) is 6.33 Å². The second-order valence-electron chi connectivity index (χ2n) is 7.17. The van der Waals surface area contributed by atoms with E-state index >= 15 is 0 Å². The third kappa shape index (κ3) is 5.24. The Kier molecular flexibility index (Phi) is 6.39. The topological polar surface area (TPSA) is 68.9 Å². The molecular formula is C20H25F3N6. The fourth-order valence-corrected chi connectivity index (χ4v) is 3.30. The smallest absolute Gasteiger partial charge is 0.346 e. The number of aryl methyl sites for hydroxylation is 1. The summed E-state index contributed by atoms with van der Waals surface area (Å²) in [5.74, 6) is 0.480. The van der Waals surface area contributed by atoms with Crippen LogP contribution in [0.15, 0.2) is 30.7 Å². The Hall–Kier alpha value is -2.65. The Morgan fingerprint density at radius 1 is 1.17 bits per heavy atom. The van der Waals surface area contributed by atoms with Crippen LogP contribution in [0.3, 0.4) is 0 Å². The third-order valence-electron chi connectivity index (χ3n) is 4.63. The molecule has 0 saturated carbocycles. The van der Waals surface area contributed by atoms with Gasteiger partial charge in [0.05, 0.1) is 10.9 Å². The summed E-state index contributed by atoms with van der Waals surface area (Å²) in [6, 6.07) is 3.89. The maximum atomic E-state index is 13.2. The molecule has 0 amide bonds. The number of aromatic amines is 1. The van der Waals surface area contributed by atoms with Crippen molar-refractivity contribution in [1.29, 1.82) is 0 Å². The van der Waals surface area contributed by atoms with Crippen LogP contribution in [0.1, 0.15) is 23.1 Å². The maximum absolute atomic E-state index is 13.2. The van der Waals surface area contributed by atoms with Gasteiger partial charge in [-0.15, -0.1) is 0 Å². The average molecular weight is 406 g/mol. The molecule has 2 aromatic heterocycles. The number of benzene rings is 1. The Balaban J connectivity index is 1.89. The average Bonchev–Trinajstić information content (AvgIpc) is 3.04. The molecule has 0 spiro atoms. The standard InChI is InChI=1S/C20H25F3N6/c1-13-7-15(20(21,22)23)9-16(8-13)28-19-17-14(10-25-18(17)26-12-27-19)11-29(3)6-4-5-24-2/h7-10,12,24H,4-6,11H2,1-3H3,(H2,25,26,27,28). The number of hydrogen-bond donors (Lipinski definition) is 3. The van der Waals surface area contributed by atoms with E-state index in [0.29, 0.717) is 29.3 Å². The molecule has 0 aliphatic carbocycles. The summed E-state index contributed by atoms with van der Waals surface area (Å²) in [6.45, 7) is 4.16. The first-order valence-corrected chi connectivity index (χ1v) is 9.38. The van der Waals surface area contributed by atoms with Gasteiger partial charge in [-0.05, 0) is 69.9 Å². The minimum Gasteiger partial charge on any atom is -0.346 e. The summed E-state index contributed by atoms with van der Waals surface area (Å²) in [6.07, 6.45) is -0.127. The van der Waals surface area contributed by atoms with Crippen LogP contribution in [0.4, 0.5) is 24.7 Å². The van der Waals surface area contributed by atoms with Crippen molar-refractivity contribution in [2.75, 3.05) is 32.5 Å². The molecule has 0 fully saturated rings. The van der Waals surface area contributed by atoms with E-state index in [-0.39, 0.29) is 0 Å². The molecule has 0 aliphatic heterocycles. The molecular weight excluding hydrogens is 381 g/mol. The van der Waals surface area contributed by atoms with Crippen molar-refractivity contribution in [3.63, 3.8) is 0 Å². The van der Waals surface area contributed by atoms with Crippen LogP contribution in [0.2, 0.25) is 0 Å². The zero-order valence-corrected chi connectivity index (χ0v) is 16.7. The van der Waals surface area contributed by atoms with Crippen molar-refractivity contribution in [3.8, 4) is 0 Å². The van der Waals surface area contributed by atoms with Gasteiger partial charge in [-0.25, -0.2) is 9.97 Å². The SMILES string of the molecule is CNCCCN(C)Cc1c[nH]c2ncnc(Nc3cc(C)cc(C(F)(F)F)c3)c12. The summed E-state index contributed by atoms with van der Waals surface area (Å²) in [4.78, 5) is 13.8. The van der Waals surface area contributed by atoms with E-state index < -0.39 is 11.7 Å². The number of H-pyrrole nitrogens is 1. The summed E-state index contributed by atoms with van der Waals surface area (Å²) < 4.78 is 39.5. The van der Waals surface area contributed by atoms with Crippen LogP contribution >= 0.6 is 0 Å². The molecule has 29 heavy (non-hydrogen) atoms. The molecule has 3 N–H and O–H groups in total. The van der Waals surface area contributed by atoms with E-state index in [4.69, 9.17) is 0 Å². The minimum absolute atomic E-state index is 0.340. The number of nitrogens with zero attached hydrogens (tertiary/aromatic N) is 3. The Bertz CT molecular complexity index is 966. The lowest BCUT2D eigenvalue weighted by Gasteiger charge is -2.17. The molecule has 0 bridgehead atoms. The Morgan fingerprint density at radius 3 is 2.69 bits per heavy atom. The van der Waals surface area contributed by atoms with Gasteiger partial charge in [-0.3, -0.25) is 0 Å². The van der Waals surface area contributed by atoms with Gasteiger partial charge < -0.3 is 20.5 Å². The first-order chi connectivity index (χ1) is 13.8. The van der Waals surface area contributed by atoms with Gasteiger partial charge in [0.15, 0.2) is 0 Å². The van der Waals surface area contributed by atoms with E-state index in [0.717, 1.165) is 42.6 Å². The number of anilines is 2. The number of halogens is 3. The van der Waals surface area contributed by atoms with Gasteiger partial charge in [0.1, 0.15) is 17.8 Å². The summed E-state index contributed by atoms with van der Waals surface area (Å²) in [5.41, 5.74) is 1.80. The molecule has 0 unspecified atom stereocenters. The quantitative estimate of drug-likeness (QED) is 0.492. The highest BCUT2D eigenvalue weighted by atomic mass is 19.4. The van der Waals surface area contributed by atoms with Gasteiger partial charge in [-0.2, -0.15) is 13.2 Å². The van der Waals surface area contributed by atoms with E-state index in [1.54, 1.807) is 13.0 Å². The van der Waals surface area contributed by atoms with Crippen molar-refractivity contribution in [1.82, 2.24) is 25.2 Å². The monoisotopic (exact) mass is 406 g/mol. The number of nitrogens with one attached hydrogen (secondary N) is 3. The van der Waals surface area contributed by atoms with Crippen LogP contribution in [-0.2, 0) is 12.7 Å². The molecule has 0 atom stereocenters. The summed E-state index contributed by atoms with van der Waals surface area (Å²) in [5, 5.41) is 6.96. The fourth-order valence-electron chi connectivity index (χ4n) is 3.30. The van der Waals surface area contributed by atoms with Crippen molar-refractivity contribution >= 4 is 22.5 Å². The van der Waals surface area contributed by atoms with E-state index in [2.05, 4.69) is 30.5 Å². The molecule has 3 rings (SSSR count). The van der Waals surface area contributed by atoms with Gasteiger partial charge >= 0.3 is 6.18 Å². The van der Waals surface area contributed by atoms with Crippen LogP contribution in [0.5, 0.6) is 0 Å². The highest BCUT2D eigenvalue weighted by Gasteiger charge is 2.31. The highest BCUT2D eigenvalue weighted by molar-refractivity contribution is 5.92. The molecule has 9 heteroatoms. The number of fused-ring (bicyclic) bond motifs is 1. The minimum atomic E-state index is -4.40. The Morgan fingerprint density at radius 2 is 1.97 bits per heavy atom. The van der Waals surface area contributed by atoms with Crippen molar-refractivity contribution < 1.29 is 13.2 Å². The van der Waals surface area contributed by atoms with E-state index in [9.17, 15) is 13.2 Å². The van der Waals surface area contributed by atoms with Gasteiger partial charge in [-0.1, -0.05) is 0 Å². The molecule has 156 valence electrons. The second-order valence-corrected chi connectivity index (χ2v) is 7.17. The number of alkyl halides is 3. The van der Waals surface area contributed by atoms with Gasteiger partial charge in [0, 0.05) is 18.4 Å². The third-order valence-corrected chi connectivity index (χ3v) is 4.63. The lowest BCUT2D eigenvalue weighted by atomic mass is 10.1. The van der Waals surface area contributed by atoms with Crippen LogP contribution in [-0.4, -0.2) is 47.0 Å². The zero-order chi connectivity index (χ0) is 21.0. The molecule has 0 saturated heterocycles. The predicted octanol–water partition coefficient (Wildman–Crippen LogP) is 4.07. The summed E-state index contributed by atoms with van der Waals surface area (Å²) in [7, 11) is 3.95. The van der Waals surface area contributed by atoms with Crippen LogP contribution < -0.4 is 10.6 Å². The Labute approximate surface area is 167 Å². The van der Waals surface area contributed by atoms with Gasteiger partial charge in [0.2, 0.25) is 0 Å². The normalized spacial score (nSPS) is 12.1. The van der Waals surface area contributed by atoms with E-state index in [1.807, 2.05) is 20.3 Å². The highest BCUT2D eigenvalue weighted by Crippen LogP contribution is 2.33. The molecule has 6 nitrogen and oxygen atoms in total. The van der Waals surface area contributed by atoms with Crippen molar-refractivity contribution in [3.05, 3.63) is 47.4 Å². The molecule has 0 aliphatic rings. The van der Waals surface area contributed by atoms with Crippen LogP contribution in [0, 0.1) is 6.92 Å². The molecule has 1 aromatic carbocycles. The number of hydrogen-bond acceptors (Lipinski definition) is 5. The van der Waals surface area contributed by atoms with Crippen LogP contribution in [0.25, 0.3) is 11.0 Å². The largest absolute Gasteiger partial charge is 0.416 e. The summed E-state index contributed by atoms with van der Waals surface area (Å²) >= 11 is 0.